The quantitative estimate of drug-likeness (QED) is 0.429. The maximum absolute atomic E-state index is 12.4. The van der Waals surface area contributed by atoms with Gasteiger partial charge < -0.3 is 5.32 Å². The molecule has 4 rings (SSSR count). The fourth-order valence-corrected chi connectivity index (χ4v) is 3.38. The first-order chi connectivity index (χ1) is 14.0. The number of rotatable bonds is 4. The number of nitrogens with one attached hydrogen (secondary N) is 1. The lowest BCUT2D eigenvalue weighted by molar-refractivity contribution is -0.111. The van der Waals surface area contributed by atoms with Crippen LogP contribution in [0.25, 0.3) is 22.8 Å². The van der Waals surface area contributed by atoms with Gasteiger partial charge in [-0.2, -0.15) is 9.78 Å². The molecule has 7 heteroatoms. The second kappa shape index (κ2) is 8.07. The number of hydrogen-bond donors (Lipinski definition) is 1. The highest BCUT2D eigenvalue weighted by molar-refractivity contribution is 6.35. The summed E-state index contributed by atoms with van der Waals surface area (Å²) in [6.07, 6.45) is 3.05. The van der Waals surface area contributed by atoms with Crippen molar-refractivity contribution in [3.8, 4) is 5.82 Å². The Kier molecular flexibility index (Phi) is 5.34. The van der Waals surface area contributed by atoms with Crippen LogP contribution in [0.15, 0.2) is 66.7 Å². The molecule has 4 aromatic rings. The van der Waals surface area contributed by atoms with E-state index in [0.717, 1.165) is 16.6 Å². The zero-order valence-corrected chi connectivity index (χ0v) is 16.9. The van der Waals surface area contributed by atoms with Crippen molar-refractivity contribution in [2.75, 3.05) is 5.32 Å². The summed E-state index contributed by atoms with van der Waals surface area (Å²) < 4.78 is 1.61. The minimum Gasteiger partial charge on any atom is -0.307 e. The molecular formula is C22H16Cl2N4O. The number of pyridine rings is 1. The normalized spacial score (nSPS) is 11.3. The molecule has 0 saturated heterocycles. The summed E-state index contributed by atoms with van der Waals surface area (Å²) in [6, 6.07) is 18.6. The Balaban J connectivity index is 1.59. The minimum absolute atomic E-state index is 0.307. The molecule has 0 saturated carbocycles. The molecule has 1 amide bonds. The number of aryl methyl sites for hydroxylation is 1. The summed E-state index contributed by atoms with van der Waals surface area (Å²) in [4.78, 5) is 17.1. The number of carbonyl (C=O) groups is 1. The van der Waals surface area contributed by atoms with E-state index >= 15 is 0 Å². The zero-order chi connectivity index (χ0) is 20.4. The molecule has 0 atom stereocenters. The van der Waals surface area contributed by atoms with Gasteiger partial charge in [0.05, 0.1) is 11.2 Å². The number of hydrogen-bond acceptors (Lipinski definition) is 3. The Morgan fingerprint density at radius 3 is 2.72 bits per heavy atom. The first-order valence-corrected chi connectivity index (χ1v) is 9.62. The van der Waals surface area contributed by atoms with Crippen molar-refractivity contribution in [2.24, 2.45) is 0 Å². The monoisotopic (exact) mass is 422 g/mol. The molecule has 0 fully saturated rings. The molecule has 0 spiro atoms. The fourth-order valence-electron chi connectivity index (χ4n) is 2.91. The summed E-state index contributed by atoms with van der Waals surface area (Å²) >= 11 is 12.0. The molecule has 0 aliphatic heterocycles. The molecule has 0 aliphatic carbocycles. The van der Waals surface area contributed by atoms with Crippen LogP contribution in [0.3, 0.4) is 0 Å². The molecule has 1 N–H and O–H groups in total. The van der Waals surface area contributed by atoms with Crippen LogP contribution >= 0.6 is 23.2 Å². The SMILES string of the molecule is Cc1cc(NC(=O)/C=C/c2ccc(Cl)cc2Cl)n(-c2ccc3ccccc3n2)n1. The number of nitrogens with zero attached hydrogens (tertiary/aromatic N) is 3. The Morgan fingerprint density at radius 1 is 1.07 bits per heavy atom. The third-order valence-electron chi connectivity index (χ3n) is 4.26. The van der Waals surface area contributed by atoms with E-state index in [1.807, 2.05) is 43.3 Å². The van der Waals surface area contributed by atoms with E-state index in [-0.39, 0.29) is 5.91 Å². The third kappa shape index (κ3) is 4.31. The number of halogens is 2. The molecular weight excluding hydrogens is 407 g/mol. The van der Waals surface area contributed by atoms with Crippen LogP contribution in [0.1, 0.15) is 11.3 Å². The van der Waals surface area contributed by atoms with E-state index < -0.39 is 0 Å². The number of amides is 1. The number of fused-ring (bicyclic) bond motifs is 1. The van der Waals surface area contributed by atoms with Crippen molar-refractivity contribution in [2.45, 2.75) is 6.92 Å². The largest absolute Gasteiger partial charge is 0.307 e. The van der Waals surface area contributed by atoms with E-state index in [0.29, 0.717) is 27.2 Å². The van der Waals surface area contributed by atoms with Crippen LogP contribution in [-0.4, -0.2) is 20.7 Å². The lowest BCUT2D eigenvalue weighted by atomic mass is 10.2. The lowest BCUT2D eigenvalue weighted by Gasteiger charge is -2.08. The molecule has 0 unspecified atom stereocenters. The Bertz CT molecular complexity index is 1250. The van der Waals surface area contributed by atoms with E-state index in [1.165, 1.54) is 6.08 Å². The van der Waals surface area contributed by atoms with Crippen LogP contribution in [0, 0.1) is 6.92 Å². The van der Waals surface area contributed by atoms with Crippen LogP contribution in [0.2, 0.25) is 10.0 Å². The van der Waals surface area contributed by atoms with Crippen molar-refractivity contribution in [3.05, 3.63) is 88.0 Å². The van der Waals surface area contributed by atoms with Gasteiger partial charge in [-0.15, -0.1) is 0 Å². The van der Waals surface area contributed by atoms with Crippen LogP contribution in [0.5, 0.6) is 0 Å². The molecule has 29 heavy (non-hydrogen) atoms. The van der Waals surface area contributed by atoms with Crippen molar-refractivity contribution in [1.82, 2.24) is 14.8 Å². The van der Waals surface area contributed by atoms with E-state index in [1.54, 1.807) is 35.0 Å². The third-order valence-corrected chi connectivity index (χ3v) is 4.82. The highest BCUT2D eigenvalue weighted by Gasteiger charge is 2.11. The number of aromatic nitrogens is 3. The first kappa shape index (κ1) is 19.2. The summed E-state index contributed by atoms with van der Waals surface area (Å²) in [5.74, 6) is 0.844. The molecule has 2 heterocycles. The predicted molar refractivity (Wildman–Crippen MR) is 118 cm³/mol. The molecule has 2 aromatic heterocycles. The summed E-state index contributed by atoms with van der Waals surface area (Å²) in [5, 5.41) is 9.36. The average molecular weight is 423 g/mol. The van der Waals surface area contributed by atoms with Crippen molar-refractivity contribution in [3.63, 3.8) is 0 Å². The van der Waals surface area contributed by atoms with Gasteiger partial charge in [0.25, 0.3) is 0 Å². The Hall–Kier alpha value is -3.15. The van der Waals surface area contributed by atoms with E-state index in [2.05, 4.69) is 15.4 Å². The number of benzene rings is 2. The molecule has 0 aliphatic rings. The van der Waals surface area contributed by atoms with Crippen LogP contribution in [0.4, 0.5) is 5.82 Å². The van der Waals surface area contributed by atoms with Gasteiger partial charge in [0.1, 0.15) is 5.82 Å². The van der Waals surface area contributed by atoms with Crippen LogP contribution in [-0.2, 0) is 4.79 Å². The van der Waals surface area contributed by atoms with Gasteiger partial charge in [0.15, 0.2) is 5.82 Å². The minimum atomic E-state index is -0.307. The number of carbonyl (C=O) groups excluding carboxylic acids is 1. The molecule has 2 aromatic carbocycles. The van der Waals surface area contributed by atoms with Crippen molar-refractivity contribution in [1.29, 1.82) is 0 Å². The smallest absolute Gasteiger partial charge is 0.249 e. The van der Waals surface area contributed by atoms with E-state index in [4.69, 9.17) is 23.2 Å². The summed E-state index contributed by atoms with van der Waals surface area (Å²) in [7, 11) is 0. The van der Waals surface area contributed by atoms with Gasteiger partial charge in [-0.1, -0.05) is 47.5 Å². The Morgan fingerprint density at radius 2 is 1.90 bits per heavy atom. The van der Waals surface area contributed by atoms with Crippen molar-refractivity contribution >= 4 is 51.9 Å². The highest BCUT2D eigenvalue weighted by Crippen LogP contribution is 2.22. The van der Waals surface area contributed by atoms with Gasteiger partial charge in [-0.05, 0) is 48.9 Å². The summed E-state index contributed by atoms with van der Waals surface area (Å²) in [6.45, 7) is 1.86. The lowest BCUT2D eigenvalue weighted by Crippen LogP contribution is -2.13. The van der Waals surface area contributed by atoms with Gasteiger partial charge in [-0.25, -0.2) is 4.98 Å². The first-order valence-electron chi connectivity index (χ1n) is 8.86. The zero-order valence-electron chi connectivity index (χ0n) is 15.4. The highest BCUT2D eigenvalue weighted by atomic mass is 35.5. The summed E-state index contributed by atoms with van der Waals surface area (Å²) in [5.41, 5.74) is 2.32. The van der Waals surface area contributed by atoms with E-state index in [9.17, 15) is 4.79 Å². The number of anilines is 1. The predicted octanol–water partition coefficient (Wildman–Crippen LogP) is 5.69. The Labute approximate surface area is 177 Å². The molecule has 0 radical (unpaired) electrons. The topological polar surface area (TPSA) is 59.8 Å². The fraction of sp³-hybridized carbons (Fsp3) is 0.0455. The van der Waals surface area contributed by atoms with Gasteiger partial charge in [0, 0.05) is 27.6 Å². The molecule has 0 bridgehead atoms. The van der Waals surface area contributed by atoms with Gasteiger partial charge >= 0.3 is 0 Å². The maximum Gasteiger partial charge on any atom is 0.249 e. The maximum atomic E-state index is 12.4. The van der Waals surface area contributed by atoms with Crippen molar-refractivity contribution < 1.29 is 4.79 Å². The second-order valence-corrected chi connectivity index (χ2v) is 7.28. The second-order valence-electron chi connectivity index (χ2n) is 6.43. The molecule has 5 nitrogen and oxygen atoms in total. The standard InChI is InChI=1S/C22H16Cl2N4O/c1-14-12-21(26-22(29)11-8-15-6-9-17(23)13-18(15)24)28(27-14)20-10-7-16-4-2-3-5-19(16)25-20/h2-13H,1H3,(H,26,29)/b11-8+. The van der Waals surface area contributed by atoms with Crippen LogP contribution < -0.4 is 5.32 Å². The van der Waals surface area contributed by atoms with Gasteiger partial charge in [0.2, 0.25) is 5.91 Å². The molecule has 144 valence electrons. The number of para-hydroxylation sites is 1. The van der Waals surface area contributed by atoms with Gasteiger partial charge in [-0.3, -0.25) is 4.79 Å². The average Bonchev–Trinajstić information content (AvgIpc) is 3.07.